The standard InChI is InChI=1S/C12H12BrN3O2/c13-12-15-10(8-1-3-14-6-8)9-5-7(11(17)18)2-4-16(9)12/h1,3,6-7,14H,2,4-5H2,(H,17,18). The second-order valence-electron chi connectivity index (χ2n) is 4.46. The Labute approximate surface area is 112 Å². The lowest BCUT2D eigenvalue weighted by Gasteiger charge is -2.21. The van der Waals surface area contributed by atoms with Gasteiger partial charge in [-0.2, -0.15) is 0 Å². The molecule has 3 rings (SSSR count). The molecule has 0 aliphatic carbocycles. The van der Waals surface area contributed by atoms with Gasteiger partial charge in [0, 0.05) is 36.6 Å². The van der Waals surface area contributed by atoms with Gasteiger partial charge in [-0.15, -0.1) is 0 Å². The highest BCUT2D eigenvalue weighted by Crippen LogP contribution is 2.32. The molecule has 2 aromatic heterocycles. The van der Waals surface area contributed by atoms with E-state index < -0.39 is 5.97 Å². The topological polar surface area (TPSA) is 70.9 Å². The summed E-state index contributed by atoms with van der Waals surface area (Å²) in [6, 6.07) is 1.94. The minimum atomic E-state index is -0.724. The summed E-state index contributed by atoms with van der Waals surface area (Å²) in [6.07, 6.45) is 4.91. The van der Waals surface area contributed by atoms with Gasteiger partial charge in [0.15, 0.2) is 4.73 Å². The van der Waals surface area contributed by atoms with Crippen molar-refractivity contribution in [2.24, 2.45) is 5.92 Å². The maximum Gasteiger partial charge on any atom is 0.306 e. The Balaban J connectivity index is 2.06. The number of fused-ring (bicyclic) bond motifs is 1. The van der Waals surface area contributed by atoms with E-state index in [1.54, 1.807) is 0 Å². The van der Waals surface area contributed by atoms with Crippen molar-refractivity contribution in [3.8, 4) is 11.3 Å². The Morgan fingerprint density at radius 1 is 1.61 bits per heavy atom. The molecule has 2 aromatic rings. The van der Waals surface area contributed by atoms with Crippen LogP contribution in [0.5, 0.6) is 0 Å². The molecular weight excluding hydrogens is 298 g/mol. The second kappa shape index (κ2) is 4.28. The van der Waals surface area contributed by atoms with Gasteiger partial charge in [0.2, 0.25) is 0 Å². The maximum absolute atomic E-state index is 11.1. The van der Waals surface area contributed by atoms with E-state index in [0.29, 0.717) is 19.4 Å². The Bertz CT molecular complexity index is 589. The lowest BCUT2D eigenvalue weighted by atomic mass is 9.94. The predicted molar refractivity (Wildman–Crippen MR) is 69.2 cm³/mol. The van der Waals surface area contributed by atoms with Crippen molar-refractivity contribution in [2.45, 2.75) is 19.4 Å². The van der Waals surface area contributed by atoms with Crippen LogP contribution in [0.3, 0.4) is 0 Å². The number of nitrogens with zero attached hydrogens (tertiary/aromatic N) is 2. The molecule has 18 heavy (non-hydrogen) atoms. The van der Waals surface area contributed by atoms with Crippen LogP contribution in [-0.4, -0.2) is 25.6 Å². The van der Waals surface area contributed by atoms with Gasteiger partial charge in [-0.05, 0) is 28.4 Å². The van der Waals surface area contributed by atoms with E-state index >= 15 is 0 Å². The Hall–Kier alpha value is -1.56. The summed E-state index contributed by atoms with van der Waals surface area (Å²) in [5.74, 6) is -1.03. The third-order valence-electron chi connectivity index (χ3n) is 3.39. The predicted octanol–water partition coefficient (Wildman–Crippen LogP) is 2.29. The zero-order chi connectivity index (χ0) is 12.7. The molecule has 94 valence electrons. The molecule has 1 aliphatic rings. The van der Waals surface area contributed by atoms with Gasteiger partial charge < -0.3 is 14.7 Å². The molecule has 5 nitrogen and oxygen atoms in total. The summed E-state index contributed by atoms with van der Waals surface area (Å²) in [5.41, 5.74) is 2.87. The minimum absolute atomic E-state index is 0.307. The van der Waals surface area contributed by atoms with Gasteiger partial charge in [-0.1, -0.05) is 0 Å². The zero-order valence-corrected chi connectivity index (χ0v) is 11.1. The number of hydrogen-bond acceptors (Lipinski definition) is 2. The molecule has 1 unspecified atom stereocenters. The summed E-state index contributed by atoms with van der Waals surface area (Å²) in [6.45, 7) is 0.699. The van der Waals surface area contributed by atoms with Gasteiger partial charge in [0.1, 0.15) is 0 Å². The molecule has 0 saturated carbocycles. The van der Waals surface area contributed by atoms with E-state index in [0.717, 1.165) is 21.7 Å². The molecule has 2 N–H and O–H groups in total. The van der Waals surface area contributed by atoms with Gasteiger partial charge >= 0.3 is 5.97 Å². The van der Waals surface area contributed by atoms with Crippen molar-refractivity contribution in [1.82, 2.24) is 14.5 Å². The Kier molecular flexibility index (Phi) is 2.74. The second-order valence-corrected chi connectivity index (χ2v) is 5.16. The van der Waals surface area contributed by atoms with Crippen LogP contribution in [0.4, 0.5) is 0 Å². The fraction of sp³-hybridized carbons (Fsp3) is 0.333. The van der Waals surface area contributed by atoms with Crippen LogP contribution in [0.15, 0.2) is 23.2 Å². The zero-order valence-electron chi connectivity index (χ0n) is 9.56. The quantitative estimate of drug-likeness (QED) is 0.894. The number of aliphatic carboxylic acids is 1. The average Bonchev–Trinajstić information content (AvgIpc) is 2.97. The summed E-state index contributed by atoms with van der Waals surface area (Å²) in [7, 11) is 0. The van der Waals surface area contributed by atoms with Crippen molar-refractivity contribution in [1.29, 1.82) is 0 Å². The number of halogens is 1. The van der Waals surface area contributed by atoms with E-state index in [1.807, 2.05) is 18.5 Å². The van der Waals surface area contributed by atoms with Crippen LogP contribution in [-0.2, 0) is 17.8 Å². The lowest BCUT2D eigenvalue weighted by molar-refractivity contribution is -0.142. The highest BCUT2D eigenvalue weighted by molar-refractivity contribution is 9.10. The van der Waals surface area contributed by atoms with E-state index in [2.05, 4.69) is 30.5 Å². The number of nitrogens with one attached hydrogen (secondary N) is 1. The number of hydrogen-bond donors (Lipinski definition) is 2. The third kappa shape index (κ3) is 1.77. The number of H-pyrrole nitrogens is 1. The third-order valence-corrected chi connectivity index (χ3v) is 3.99. The first-order chi connectivity index (χ1) is 8.66. The largest absolute Gasteiger partial charge is 0.481 e. The molecule has 1 aliphatic heterocycles. The van der Waals surface area contributed by atoms with Crippen LogP contribution in [0.25, 0.3) is 11.3 Å². The molecule has 0 fully saturated rings. The maximum atomic E-state index is 11.1. The summed E-state index contributed by atoms with van der Waals surface area (Å²) >= 11 is 3.44. The van der Waals surface area contributed by atoms with Crippen LogP contribution in [0, 0.1) is 5.92 Å². The highest BCUT2D eigenvalue weighted by Gasteiger charge is 2.29. The first-order valence-electron chi connectivity index (χ1n) is 5.77. The number of imidazole rings is 1. The smallest absolute Gasteiger partial charge is 0.306 e. The number of carboxylic acids is 1. The van der Waals surface area contributed by atoms with Crippen LogP contribution >= 0.6 is 15.9 Å². The van der Waals surface area contributed by atoms with E-state index in [1.165, 1.54) is 0 Å². The van der Waals surface area contributed by atoms with Crippen LogP contribution < -0.4 is 0 Å². The van der Waals surface area contributed by atoms with Crippen molar-refractivity contribution >= 4 is 21.9 Å². The minimum Gasteiger partial charge on any atom is -0.481 e. The Morgan fingerprint density at radius 3 is 3.11 bits per heavy atom. The van der Waals surface area contributed by atoms with E-state index in [4.69, 9.17) is 5.11 Å². The molecule has 1 atom stereocenters. The first kappa shape index (κ1) is 11.5. The van der Waals surface area contributed by atoms with Crippen molar-refractivity contribution in [3.63, 3.8) is 0 Å². The molecule has 0 bridgehead atoms. The summed E-state index contributed by atoms with van der Waals surface area (Å²) in [4.78, 5) is 18.6. The SMILES string of the molecule is O=C(O)C1CCn2c(Br)nc(-c3cc[nH]c3)c2C1. The average molecular weight is 310 g/mol. The summed E-state index contributed by atoms with van der Waals surface area (Å²) < 4.78 is 2.83. The van der Waals surface area contributed by atoms with E-state index in [-0.39, 0.29) is 5.92 Å². The fourth-order valence-corrected chi connectivity index (χ4v) is 2.99. The number of carboxylic acid groups (broad SMARTS) is 1. The number of rotatable bonds is 2. The first-order valence-corrected chi connectivity index (χ1v) is 6.57. The molecule has 3 heterocycles. The molecule has 0 aromatic carbocycles. The van der Waals surface area contributed by atoms with Gasteiger partial charge in [-0.25, -0.2) is 4.98 Å². The van der Waals surface area contributed by atoms with Gasteiger partial charge in [-0.3, -0.25) is 4.79 Å². The van der Waals surface area contributed by atoms with Crippen molar-refractivity contribution < 1.29 is 9.90 Å². The molecule has 0 amide bonds. The number of aromatic nitrogens is 3. The fourth-order valence-electron chi connectivity index (χ4n) is 2.42. The summed E-state index contributed by atoms with van der Waals surface area (Å²) in [5, 5.41) is 9.14. The highest BCUT2D eigenvalue weighted by atomic mass is 79.9. The van der Waals surface area contributed by atoms with Crippen molar-refractivity contribution in [2.75, 3.05) is 0 Å². The van der Waals surface area contributed by atoms with Crippen LogP contribution in [0.1, 0.15) is 12.1 Å². The number of aromatic amines is 1. The molecule has 6 heteroatoms. The van der Waals surface area contributed by atoms with Gasteiger partial charge in [0.25, 0.3) is 0 Å². The Morgan fingerprint density at radius 2 is 2.44 bits per heavy atom. The normalized spacial score (nSPS) is 18.6. The molecular formula is C12H12BrN3O2. The molecule has 0 spiro atoms. The lowest BCUT2D eigenvalue weighted by Crippen LogP contribution is -2.25. The van der Waals surface area contributed by atoms with Gasteiger partial charge in [0.05, 0.1) is 11.6 Å². The van der Waals surface area contributed by atoms with Crippen molar-refractivity contribution in [3.05, 3.63) is 28.9 Å². The number of carbonyl (C=O) groups is 1. The van der Waals surface area contributed by atoms with E-state index in [9.17, 15) is 4.79 Å². The monoisotopic (exact) mass is 309 g/mol. The van der Waals surface area contributed by atoms with Crippen LogP contribution in [0.2, 0.25) is 0 Å². The molecule has 0 radical (unpaired) electrons. The molecule has 0 saturated heterocycles.